The molecule has 0 radical (unpaired) electrons. The Morgan fingerprint density at radius 2 is 1.73 bits per heavy atom. The van der Waals surface area contributed by atoms with E-state index in [2.05, 4.69) is 4.98 Å². The lowest BCUT2D eigenvalue weighted by molar-refractivity contribution is -0.197. The molecule has 0 atom stereocenters. The Morgan fingerprint density at radius 3 is 2.38 bits per heavy atom. The predicted octanol–water partition coefficient (Wildman–Crippen LogP) is 3.17. The van der Waals surface area contributed by atoms with Crippen molar-refractivity contribution in [3.63, 3.8) is 0 Å². The van der Waals surface area contributed by atoms with Crippen molar-refractivity contribution in [2.24, 2.45) is 0 Å². The second-order valence-corrected chi connectivity index (χ2v) is 7.87. The number of aromatic nitrogens is 1. The van der Waals surface area contributed by atoms with Crippen LogP contribution in [0.2, 0.25) is 0 Å². The zero-order valence-electron chi connectivity index (χ0n) is 13.8. The van der Waals surface area contributed by atoms with Crippen LogP contribution in [0.1, 0.15) is 24.0 Å². The Hall–Kier alpha value is -2.32. The molecule has 0 bridgehead atoms. The van der Waals surface area contributed by atoms with E-state index in [1.165, 1.54) is 0 Å². The highest BCUT2D eigenvalue weighted by Gasteiger charge is 2.32. The van der Waals surface area contributed by atoms with Crippen LogP contribution >= 0.6 is 21.6 Å². The molecule has 3 rings (SSSR count). The third kappa shape index (κ3) is 5.09. The highest BCUT2D eigenvalue weighted by atomic mass is 33.1. The molecule has 2 heterocycles. The van der Waals surface area contributed by atoms with Gasteiger partial charge >= 0.3 is 5.97 Å². The normalized spacial score (nSPS) is 13.9. The molecule has 1 fully saturated rings. The monoisotopic (exact) mass is 388 g/mol. The summed E-state index contributed by atoms with van der Waals surface area (Å²) in [7, 11) is 3.29. The van der Waals surface area contributed by atoms with Gasteiger partial charge in [-0.2, -0.15) is 0 Å². The van der Waals surface area contributed by atoms with Gasteiger partial charge in [0.05, 0.1) is 6.42 Å². The van der Waals surface area contributed by atoms with Gasteiger partial charge in [0.2, 0.25) is 0 Å². The molecule has 1 aromatic carbocycles. The molecule has 0 N–H and O–H groups in total. The second kappa shape index (κ2) is 8.86. The van der Waals surface area contributed by atoms with E-state index in [4.69, 9.17) is 4.84 Å². The fraction of sp³-hybridized carbons (Fsp3) is 0.222. The maximum atomic E-state index is 11.9. The first-order valence-electron chi connectivity index (χ1n) is 7.97. The molecule has 0 spiro atoms. The number of carbonyl (C=O) groups excluding carboxylic acids is 3. The van der Waals surface area contributed by atoms with Gasteiger partial charge in [-0.25, -0.2) is 9.78 Å². The van der Waals surface area contributed by atoms with Crippen LogP contribution in [0.3, 0.4) is 0 Å². The average Bonchev–Trinajstić information content (AvgIpc) is 2.96. The largest absolute Gasteiger partial charge is 0.337 e. The van der Waals surface area contributed by atoms with Crippen LogP contribution in [-0.2, 0) is 31.4 Å². The second-order valence-electron chi connectivity index (χ2n) is 5.55. The Bertz CT molecular complexity index is 781. The van der Waals surface area contributed by atoms with E-state index in [-0.39, 0.29) is 19.3 Å². The Balaban J connectivity index is 1.46. The van der Waals surface area contributed by atoms with Gasteiger partial charge in [0.25, 0.3) is 11.8 Å². The van der Waals surface area contributed by atoms with Crippen LogP contribution in [0.25, 0.3) is 0 Å². The molecule has 2 amide bonds. The highest BCUT2D eigenvalue weighted by molar-refractivity contribution is 8.76. The summed E-state index contributed by atoms with van der Waals surface area (Å²) >= 11 is 0. The van der Waals surface area contributed by atoms with Crippen molar-refractivity contribution in [3.8, 4) is 0 Å². The number of benzene rings is 1. The Kier molecular flexibility index (Phi) is 6.30. The Morgan fingerprint density at radius 1 is 1.04 bits per heavy atom. The average molecular weight is 388 g/mol. The topological polar surface area (TPSA) is 76.6 Å². The van der Waals surface area contributed by atoms with Crippen molar-refractivity contribution >= 4 is 39.4 Å². The van der Waals surface area contributed by atoms with Gasteiger partial charge in [0, 0.05) is 24.8 Å². The number of pyridine rings is 1. The van der Waals surface area contributed by atoms with Crippen LogP contribution in [0, 0.1) is 0 Å². The molecular formula is C18H16N2O4S2. The molecule has 8 heteroatoms. The number of hydrogen-bond donors (Lipinski definition) is 0. The molecule has 0 saturated carbocycles. The van der Waals surface area contributed by atoms with Crippen molar-refractivity contribution in [1.29, 1.82) is 0 Å². The zero-order valence-corrected chi connectivity index (χ0v) is 15.4. The number of amides is 2. The molecule has 0 aliphatic carbocycles. The fourth-order valence-corrected chi connectivity index (χ4v) is 4.26. The standard InChI is InChI=1S/C18H16N2O4S2/c21-16-8-9-17(22)20(16)24-18(23)11-13-4-6-14(7-5-13)12-25-26-15-3-1-2-10-19-15/h1-7,10H,8-9,11-12H2. The van der Waals surface area contributed by atoms with E-state index in [1.54, 1.807) is 27.8 Å². The summed E-state index contributed by atoms with van der Waals surface area (Å²) in [6, 6.07) is 13.4. The lowest BCUT2D eigenvalue weighted by Gasteiger charge is -2.12. The van der Waals surface area contributed by atoms with Crippen LogP contribution in [-0.4, -0.2) is 27.8 Å². The molecule has 134 valence electrons. The van der Waals surface area contributed by atoms with Crippen LogP contribution in [0.5, 0.6) is 0 Å². The summed E-state index contributed by atoms with van der Waals surface area (Å²) < 4.78 is 0. The van der Waals surface area contributed by atoms with Crippen molar-refractivity contribution in [2.45, 2.75) is 30.0 Å². The maximum Gasteiger partial charge on any atom is 0.337 e. The van der Waals surface area contributed by atoms with Crippen LogP contribution in [0.15, 0.2) is 53.7 Å². The highest BCUT2D eigenvalue weighted by Crippen LogP contribution is 2.32. The third-order valence-electron chi connectivity index (χ3n) is 3.58. The van der Waals surface area contributed by atoms with Gasteiger partial charge in [0.1, 0.15) is 5.03 Å². The molecule has 6 nitrogen and oxygen atoms in total. The van der Waals surface area contributed by atoms with Crippen LogP contribution < -0.4 is 0 Å². The van der Waals surface area contributed by atoms with Crippen molar-refractivity contribution in [1.82, 2.24) is 10.0 Å². The maximum absolute atomic E-state index is 11.9. The summed E-state index contributed by atoms with van der Waals surface area (Å²) in [6.07, 6.45) is 1.96. The molecule has 1 aromatic heterocycles. The number of imide groups is 1. The van der Waals surface area contributed by atoms with Crippen molar-refractivity contribution in [3.05, 3.63) is 59.8 Å². The number of nitrogens with zero attached hydrogens (tertiary/aromatic N) is 2. The van der Waals surface area contributed by atoms with Crippen molar-refractivity contribution < 1.29 is 19.2 Å². The molecule has 1 aliphatic heterocycles. The quantitative estimate of drug-likeness (QED) is 0.532. The van der Waals surface area contributed by atoms with E-state index >= 15 is 0 Å². The molecule has 1 saturated heterocycles. The SMILES string of the molecule is O=C(Cc1ccc(CSSc2ccccn2)cc1)ON1C(=O)CCC1=O. The van der Waals surface area contributed by atoms with Gasteiger partial charge in [0.15, 0.2) is 0 Å². The number of hydroxylamine groups is 2. The summed E-state index contributed by atoms with van der Waals surface area (Å²) in [6.45, 7) is 0. The van der Waals surface area contributed by atoms with Gasteiger partial charge in [-0.05, 0) is 34.1 Å². The van der Waals surface area contributed by atoms with Gasteiger partial charge in [-0.3, -0.25) is 9.59 Å². The minimum absolute atomic E-state index is 0.00711. The lowest BCUT2D eigenvalue weighted by Crippen LogP contribution is -2.32. The number of rotatable bonds is 7. The zero-order chi connectivity index (χ0) is 18.4. The summed E-state index contributed by atoms with van der Waals surface area (Å²) in [5.74, 6) is -0.758. The lowest BCUT2D eigenvalue weighted by atomic mass is 10.1. The third-order valence-corrected chi connectivity index (χ3v) is 5.78. The summed E-state index contributed by atoms with van der Waals surface area (Å²) in [5.41, 5.74) is 1.89. The minimum atomic E-state index is -0.624. The van der Waals surface area contributed by atoms with Gasteiger partial charge in [-0.15, -0.1) is 5.06 Å². The Labute approximate surface area is 158 Å². The minimum Gasteiger partial charge on any atom is -0.330 e. The van der Waals surface area contributed by atoms with Crippen LogP contribution in [0.4, 0.5) is 0 Å². The number of carbonyl (C=O) groups is 3. The van der Waals surface area contributed by atoms with E-state index in [9.17, 15) is 14.4 Å². The molecule has 26 heavy (non-hydrogen) atoms. The molecule has 2 aromatic rings. The van der Waals surface area contributed by atoms with E-state index in [0.717, 1.165) is 21.9 Å². The summed E-state index contributed by atoms with van der Waals surface area (Å²) in [5, 5.41) is 1.53. The molecular weight excluding hydrogens is 372 g/mol. The van der Waals surface area contributed by atoms with Gasteiger partial charge in [-0.1, -0.05) is 41.1 Å². The first-order chi connectivity index (χ1) is 12.6. The van der Waals surface area contributed by atoms with E-state index < -0.39 is 17.8 Å². The summed E-state index contributed by atoms with van der Waals surface area (Å²) in [4.78, 5) is 43.9. The molecule has 1 aliphatic rings. The first kappa shape index (κ1) is 18.5. The molecule has 0 unspecified atom stereocenters. The fourth-order valence-electron chi connectivity index (χ4n) is 2.27. The van der Waals surface area contributed by atoms with Gasteiger partial charge < -0.3 is 4.84 Å². The van der Waals surface area contributed by atoms with E-state index in [0.29, 0.717) is 5.06 Å². The van der Waals surface area contributed by atoms with E-state index in [1.807, 2.05) is 42.5 Å². The first-order valence-corrected chi connectivity index (χ1v) is 10.3. The van der Waals surface area contributed by atoms with Crippen molar-refractivity contribution in [2.75, 3.05) is 0 Å². The number of hydrogen-bond acceptors (Lipinski definition) is 7. The predicted molar refractivity (Wildman–Crippen MR) is 98.7 cm³/mol. The smallest absolute Gasteiger partial charge is 0.330 e.